The standard InChI is InChI=1S/C37H54O4/c1-32(2)18-20-37(31(40)41-23-25-10-8-7-9-11-25)21-19-35(5)26(27(37)22-32)12-13-29-33(3)16-15-30(39)34(4,24-38)28(33)14-17-36(29,35)6/h7-12,27-30,38-39H,13-24H2,1-6H3/t27-,28?,29-,30+,33+,34+,35-,36-,37+/m1/s1. The first kappa shape index (κ1) is 29.4. The molecule has 4 nitrogen and oxygen atoms in total. The van der Waals surface area contributed by atoms with Gasteiger partial charge in [-0.1, -0.05) is 83.5 Å². The predicted molar refractivity (Wildman–Crippen MR) is 163 cm³/mol. The fourth-order valence-electron chi connectivity index (χ4n) is 11.5. The summed E-state index contributed by atoms with van der Waals surface area (Å²) in [6, 6.07) is 10.1. The predicted octanol–water partition coefficient (Wildman–Crippen LogP) is 7.86. The number of rotatable bonds is 4. The van der Waals surface area contributed by atoms with Gasteiger partial charge in [0.1, 0.15) is 6.61 Å². The molecule has 226 valence electrons. The van der Waals surface area contributed by atoms with E-state index in [0.717, 1.165) is 69.8 Å². The number of fused-ring (bicyclic) bond motifs is 7. The highest BCUT2D eigenvalue weighted by atomic mass is 16.5. The van der Waals surface area contributed by atoms with E-state index in [9.17, 15) is 15.0 Å². The zero-order valence-corrected chi connectivity index (χ0v) is 26.5. The minimum Gasteiger partial charge on any atom is -0.460 e. The Hall–Kier alpha value is -1.65. The lowest BCUT2D eigenvalue weighted by Gasteiger charge is -2.71. The molecule has 5 aliphatic rings. The van der Waals surface area contributed by atoms with E-state index in [1.165, 1.54) is 0 Å². The molecule has 4 heteroatoms. The Balaban J connectivity index is 1.36. The van der Waals surface area contributed by atoms with E-state index < -0.39 is 16.9 Å². The molecular formula is C37H54O4. The summed E-state index contributed by atoms with van der Waals surface area (Å²) in [4.78, 5) is 14.2. The number of aliphatic hydroxyl groups excluding tert-OH is 2. The van der Waals surface area contributed by atoms with Crippen molar-refractivity contribution in [1.29, 1.82) is 0 Å². The second-order valence-corrected chi connectivity index (χ2v) is 16.7. The van der Waals surface area contributed by atoms with Crippen LogP contribution in [0.25, 0.3) is 0 Å². The summed E-state index contributed by atoms with van der Waals surface area (Å²) in [5.41, 5.74) is 2.20. The molecule has 41 heavy (non-hydrogen) atoms. The zero-order valence-electron chi connectivity index (χ0n) is 26.5. The Labute approximate surface area is 248 Å². The molecule has 9 atom stereocenters. The van der Waals surface area contributed by atoms with Crippen LogP contribution in [0, 0.1) is 50.2 Å². The number of esters is 1. The van der Waals surface area contributed by atoms with E-state index in [1.807, 2.05) is 30.3 Å². The minimum absolute atomic E-state index is 0.0210. The van der Waals surface area contributed by atoms with Gasteiger partial charge < -0.3 is 14.9 Å². The summed E-state index contributed by atoms with van der Waals surface area (Å²) < 4.78 is 6.16. The summed E-state index contributed by atoms with van der Waals surface area (Å²) in [5.74, 6) is 1.08. The Morgan fingerprint density at radius 3 is 2.32 bits per heavy atom. The van der Waals surface area contributed by atoms with E-state index in [4.69, 9.17) is 4.74 Å². The van der Waals surface area contributed by atoms with Crippen LogP contribution in [0.4, 0.5) is 0 Å². The second kappa shape index (κ2) is 9.68. The van der Waals surface area contributed by atoms with E-state index in [2.05, 4.69) is 47.6 Å². The molecule has 6 rings (SSSR count). The molecule has 1 unspecified atom stereocenters. The lowest BCUT2D eigenvalue weighted by atomic mass is 9.33. The number of carbonyl (C=O) groups is 1. The third-order valence-electron chi connectivity index (χ3n) is 14.4. The van der Waals surface area contributed by atoms with Gasteiger partial charge in [0.05, 0.1) is 18.1 Å². The van der Waals surface area contributed by atoms with Crippen LogP contribution in [0.5, 0.6) is 0 Å². The molecule has 0 amide bonds. The van der Waals surface area contributed by atoms with E-state index >= 15 is 0 Å². The summed E-state index contributed by atoms with van der Waals surface area (Å²) in [6.07, 6.45) is 12.1. The van der Waals surface area contributed by atoms with Crippen molar-refractivity contribution in [3.63, 3.8) is 0 Å². The van der Waals surface area contributed by atoms with Crippen LogP contribution in [0.15, 0.2) is 42.0 Å². The number of aliphatic hydroxyl groups is 2. The van der Waals surface area contributed by atoms with Crippen molar-refractivity contribution in [2.75, 3.05) is 6.61 Å². The number of hydrogen-bond acceptors (Lipinski definition) is 4. The maximum absolute atomic E-state index is 14.2. The van der Waals surface area contributed by atoms with Crippen molar-refractivity contribution in [1.82, 2.24) is 0 Å². The van der Waals surface area contributed by atoms with Crippen LogP contribution in [-0.4, -0.2) is 28.9 Å². The molecule has 4 fully saturated rings. The molecule has 0 aromatic heterocycles. The van der Waals surface area contributed by atoms with Crippen molar-refractivity contribution < 1.29 is 19.7 Å². The molecule has 1 aromatic rings. The number of carbonyl (C=O) groups excluding carboxylic acids is 1. The minimum atomic E-state index is -0.434. The normalized spacial score (nSPS) is 46.7. The van der Waals surface area contributed by atoms with Crippen LogP contribution in [-0.2, 0) is 16.1 Å². The summed E-state index contributed by atoms with van der Waals surface area (Å²) in [7, 11) is 0. The van der Waals surface area contributed by atoms with Crippen molar-refractivity contribution in [3.8, 4) is 0 Å². The molecule has 5 aliphatic carbocycles. The van der Waals surface area contributed by atoms with Gasteiger partial charge >= 0.3 is 5.97 Å². The highest BCUT2D eigenvalue weighted by Gasteiger charge is 2.69. The van der Waals surface area contributed by atoms with Gasteiger partial charge in [-0.2, -0.15) is 0 Å². The highest BCUT2D eigenvalue weighted by molar-refractivity contribution is 5.79. The Morgan fingerprint density at radius 2 is 1.61 bits per heavy atom. The molecule has 4 saturated carbocycles. The van der Waals surface area contributed by atoms with Crippen molar-refractivity contribution in [2.45, 2.75) is 118 Å². The van der Waals surface area contributed by atoms with E-state index in [-0.39, 0.29) is 40.2 Å². The van der Waals surface area contributed by atoms with Crippen LogP contribution in [0.1, 0.15) is 111 Å². The van der Waals surface area contributed by atoms with Gasteiger partial charge in [-0.25, -0.2) is 0 Å². The lowest BCUT2D eigenvalue weighted by molar-refractivity contribution is -0.217. The number of allylic oxidation sites excluding steroid dienone is 2. The molecule has 2 N–H and O–H groups in total. The van der Waals surface area contributed by atoms with Crippen LogP contribution in [0.2, 0.25) is 0 Å². The number of benzene rings is 1. The molecule has 1 aromatic carbocycles. The molecule has 0 radical (unpaired) electrons. The monoisotopic (exact) mass is 562 g/mol. The summed E-state index contributed by atoms with van der Waals surface area (Å²) in [6.45, 7) is 14.9. The van der Waals surface area contributed by atoms with Crippen LogP contribution in [0.3, 0.4) is 0 Å². The second-order valence-electron chi connectivity index (χ2n) is 16.7. The van der Waals surface area contributed by atoms with Gasteiger partial charge in [0.2, 0.25) is 0 Å². The maximum Gasteiger partial charge on any atom is 0.313 e. The Morgan fingerprint density at radius 1 is 0.902 bits per heavy atom. The topological polar surface area (TPSA) is 66.8 Å². The van der Waals surface area contributed by atoms with Gasteiger partial charge in [-0.15, -0.1) is 0 Å². The maximum atomic E-state index is 14.2. The first-order valence-corrected chi connectivity index (χ1v) is 16.5. The van der Waals surface area contributed by atoms with Crippen molar-refractivity contribution in [2.24, 2.45) is 50.2 Å². The van der Waals surface area contributed by atoms with Crippen molar-refractivity contribution >= 4 is 5.97 Å². The molecule has 0 bridgehead atoms. The van der Waals surface area contributed by atoms with Gasteiger partial charge in [0.15, 0.2) is 0 Å². The SMILES string of the molecule is CC1(C)CC[C@]2(C(=O)OCc3ccccc3)CC[C@]3(C)C(=CC[C@@H]4[C@@]5(C)CC[C@H](O)[C@@](C)(CO)C5CC[C@]43C)[C@H]2C1. The van der Waals surface area contributed by atoms with Gasteiger partial charge in [0.25, 0.3) is 0 Å². The van der Waals surface area contributed by atoms with Gasteiger partial charge in [-0.05, 0) is 109 Å². The number of hydrogen-bond donors (Lipinski definition) is 2. The molecular weight excluding hydrogens is 508 g/mol. The van der Waals surface area contributed by atoms with Gasteiger partial charge in [0, 0.05) is 5.41 Å². The largest absolute Gasteiger partial charge is 0.460 e. The van der Waals surface area contributed by atoms with E-state index in [0.29, 0.717) is 18.4 Å². The Bertz CT molecular complexity index is 1200. The smallest absolute Gasteiger partial charge is 0.313 e. The first-order chi connectivity index (χ1) is 19.3. The van der Waals surface area contributed by atoms with E-state index in [1.54, 1.807) is 5.57 Å². The average molecular weight is 563 g/mol. The molecule has 0 saturated heterocycles. The van der Waals surface area contributed by atoms with Crippen molar-refractivity contribution in [3.05, 3.63) is 47.5 Å². The molecule has 0 heterocycles. The molecule has 0 spiro atoms. The third kappa shape index (κ3) is 4.09. The fourth-order valence-corrected chi connectivity index (χ4v) is 11.5. The Kier molecular flexibility index (Phi) is 6.95. The first-order valence-electron chi connectivity index (χ1n) is 16.5. The summed E-state index contributed by atoms with van der Waals surface area (Å²) >= 11 is 0. The fraction of sp³-hybridized carbons (Fsp3) is 0.757. The highest BCUT2D eigenvalue weighted by Crippen LogP contribution is 2.75. The third-order valence-corrected chi connectivity index (χ3v) is 14.4. The van der Waals surface area contributed by atoms with Gasteiger partial charge in [-0.3, -0.25) is 4.79 Å². The quantitative estimate of drug-likeness (QED) is 0.290. The van der Waals surface area contributed by atoms with Crippen LogP contribution < -0.4 is 0 Å². The number of ether oxygens (including phenoxy) is 1. The average Bonchev–Trinajstić information content (AvgIpc) is 2.94. The van der Waals surface area contributed by atoms with Crippen LogP contribution >= 0.6 is 0 Å². The molecule has 0 aliphatic heterocycles. The lowest BCUT2D eigenvalue weighted by Crippen LogP contribution is -2.66. The summed E-state index contributed by atoms with van der Waals surface area (Å²) in [5, 5.41) is 21.6. The zero-order chi connectivity index (χ0) is 29.5.